The molecule has 0 aliphatic rings. The van der Waals surface area contributed by atoms with Gasteiger partial charge in [0.25, 0.3) is 0 Å². The van der Waals surface area contributed by atoms with Crippen LogP contribution in [0.4, 0.5) is 0 Å². The zero-order valence-electron chi connectivity index (χ0n) is 7.16. The normalized spacial score (nSPS) is 15.3. The van der Waals surface area contributed by atoms with Gasteiger partial charge in [0.05, 0.1) is 0 Å². The summed E-state index contributed by atoms with van der Waals surface area (Å²) in [5.74, 6) is -1.05. The summed E-state index contributed by atoms with van der Waals surface area (Å²) in [6.45, 7) is 5.64. The highest BCUT2D eigenvalue weighted by Crippen LogP contribution is 2.05. The summed E-state index contributed by atoms with van der Waals surface area (Å²) in [7, 11) is 0. The molecular formula is C8H15NO2. The van der Waals surface area contributed by atoms with Crippen molar-refractivity contribution >= 4 is 5.97 Å². The van der Waals surface area contributed by atoms with Crippen molar-refractivity contribution in [3.8, 4) is 0 Å². The van der Waals surface area contributed by atoms with E-state index in [0.29, 0.717) is 0 Å². The van der Waals surface area contributed by atoms with Crippen molar-refractivity contribution in [2.45, 2.75) is 26.8 Å². The lowest BCUT2D eigenvalue weighted by atomic mass is 10.0. The molecular weight excluding hydrogens is 142 g/mol. The number of nitrogens with two attached hydrogens (primary N) is 1. The van der Waals surface area contributed by atoms with Gasteiger partial charge in [-0.1, -0.05) is 18.6 Å². The van der Waals surface area contributed by atoms with E-state index in [9.17, 15) is 4.79 Å². The fourth-order valence-corrected chi connectivity index (χ4v) is 0.854. The smallest absolute Gasteiger partial charge is 0.321 e. The summed E-state index contributed by atoms with van der Waals surface area (Å²) < 4.78 is 0. The molecule has 11 heavy (non-hydrogen) atoms. The Morgan fingerprint density at radius 1 is 1.55 bits per heavy atom. The Morgan fingerprint density at radius 2 is 2.00 bits per heavy atom. The summed E-state index contributed by atoms with van der Waals surface area (Å²) in [5.41, 5.74) is 6.46. The first-order chi connectivity index (χ1) is 4.95. The molecule has 3 nitrogen and oxygen atoms in total. The Bertz CT molecular complexity index is 171. The van der Waals surface area contributed by atoms with Gasteiger partial charge in [-0.15, -0.1) is 0 Å². The van der Waals surface area contributed by atoms with E-state index in [2.05, 4.69) is 0 Å². The van der Waals surface area contributed by atoms with E-state index in [1.165, 1.54) is 0 Å². The van der Waals surface area contributed by atoms with Crippen LogP contribution in [0, 0.1) is 5.92 Å². The molecule has 3 heteroatoms. The van der Waals surface area contributed by atoms with Gasteiger partial charge in [0.15, 0.2) is 0 Å². The van der Waals surface area contributed by atoms with Gasteiger partial charge in [-0.3, -0.25) is 4.79 Å². The summed E-state index contributed by atoms with van der Waals surface area (Å²) in [5, 5.41) is 8.51. The molecule has 0 heterocycles. The average molecular weight is 157 g/mol. The van der Waals surface area contributed by atoms with Crippen LogP contribution in [-0.2, 0) is 4.79 Å². The van der Waals surface area contributed by atoms with Crippen LogP contribution in [0.15, 0.2) is 11.6 Å². The van der Waals surface area contributed by atoms with Gasteiger partial charge in [-0.05, 0) is 13.8 Å². The Balaban J connectivity index is 4.14. The molecule has 0 aliphatic heterocycles. The third-order valence-electron chi connectivity index (χ3n) is 1.45. The number of aliphatic carboxylic acids is 1. The molecule has 0 radical (unpaired) electrons. The molecule has 0 aromatic rings. The molecule has 64 valence electrons. The molecule has 3 N–H and O–H groups in total. The van der Waals surface area contributed by atoms with Crippen LogP contribution in [0.3, 0.4) is 0 Å². The van der Waals surface area contributed by atoms with Gasteiger partial charge in [0.1, 0.15) is 6.04 Å². The minimum atomic E-state index is -0.949. The lowest BCUT2D eigenvalue weighted by Crippen LogP contribution is -2.35. The standard InChI is InChI=1S/C8H15NO2/c1-5(2)4-6(3)7(9)8(10)11/h4,6-7H,9H2,1-3H3,(H,10,11)/t6-,7+/m1/s1. The lowest BCUT2D eigenvalue weighted by Gasteiger charge is -2.11. The molecule has 2 atom stereocenters. The van der Waals surface area contributed by atoms with Gasteiger partial charge in [-0.25, -0.2) is 0 Å². The Hall–Kier alpha value is -0.830. The fraction of sp³-hybridized carbons (Fsp3) is 0.625. The number of hydrogen-bond acceptors (Lipinski definition) is 2. The highest BCUT2D eigenvalue weighted by Gasteiger charge is 2.17. The van der Waals surface area contributed by atoms with E-state index < -0.39 is 12.0 Å². The second kappa shape index (κ2) is 4.13. The summed E-state index contributed by atoms with van der Waals surface area (Å²) in [6.07, 6.45) is 1.86. The van der Waals surface area contributed by atoms with Crippen molar-refractivity contribution in [3.63, 3.8) is 0 Å². The predicted molar refractivity (Wildman–Crippen MR) is 44.2 cm³/mol. The second-order valence-corrected chi connectivity index (χ2v) is 2.97. The van der Waals surface area contributed by atoms with Crippen LogP contribution >= 0.6 is 0 Å². The number of carbonyl (C=O) groups is 1. The van der Waals surface area contributed by atoms with Gasteiger partial charge in [0.2, 0.25) is 0 Å². The van der Waals surface area contributed by atoms with E-state index in [1.54, 1.807) is 6.92 Å². The Labute approximate surface area is 66.9 Å². The summed E-state index contributed by atoms with van der Waals surface area (Å²) in [4.78, 5) is 10.4. The fourth-order valence-electron chi connectivity index (χ4n) is 0.854. The molecule has 0 rings (SSSR count). The monoisotopic (exact) mass is 157 g/mol. The van der Waals surface area contributed by atoms with Crippen LogP contribution in [0.2, 0.25) is 0 Å². The maximum Gasteiger partial charge on any atom is 0.321 e. The minimum absolute atomic E-state index is 0.0995. The first kappa shape index (κ1) is 10.2. The van der Waals surface area contributed by atoms with Crippen molar-refractivity contribution in [1.82, 2.24) is 0 Å². The van der Waals surface area contributed by atoms with Crippen LogP contribution in [0.25, 0.3) is 0 Å². The maximum absolute atomic E-state index is 10.4. The number of allylic oxidation sites excluding steroid dienone is 1. The van der Waals surface area contributed by atoms with Crippen LogP contribution < -0.4 is 5.73 Å². The van der Waals surface area contributed by atoms with Crippen molar-refractivity contribution in [1.29, 1.82) is 0 Å². The largest absolute Gasteiger partial charge is 0.480 e. The third-order valence-corrected chi connectivity index (χ3v) is 1.45. The van der Waals surface area contributed by atoms with E-state index in [1.807, 2.05) is 19.9 Å². The molecule has 0 bridgehead atoms. The van der Waals surface area contributed by atoms with Gasteiger partial charge >= 0.3 is 5.97 Å². The number of hydrogen-bond donors (Lipinski definition) is 2. The van der Waals surface area contributed by atoms with E-state index in [0.717, 1.165) is 5.57 Å². The Morgan fingerprint density at radius 3 is 2.27 bits per heavy atom. The average Bonchev–Trinajstić information content (AvgIpc) is 1.84. The number of rotatable bonds is 3. The molecule has 0 saturated heterocycles. The maximum atomic E-state index is 10.4. The highest BCUT2D eigenvalue weighted by molar-refractivity contribution is 5.73. The zero-order valence-corrected chi connectivity index (χ0v) is 7.16. The minimum Gasteiger partial charge on any atom is -0.480 e. The molecule has 0 spiro atoms. The molecule has 0 saturated carbocycles. The van der Waals surface area contributed by atoms with E-state index >= 15 is 0 Å². The quantitative estimate of drug-likeness (QED) is 0.601. The highest BCUT2D eigenvalue weighted by atomic mass is 16.4. The molecule has 0 aliphatic carbocycles. The van der Waals surface area contributed by atoms with Gasteiger partial charge in [0, 0.05) is 5.92 Å². The zero-order chi connectivity index (χ0) is 9.02. The number of carboxylic acids is 1. The van der Waals surface area contributed by atoms with Crippen molar-refractivity contribution in [2.24, 2.45) is 11.7 Å². The molecule has 0 aromatic carbocycles. The van der Waals surface area contributed by atoms with Gasteiger partial charge < -0.3 is 10.8 Å². The van der Waals surface area contributed by atoms with E-state index in [4.69, 9.17) is 10.8 Å². The molecule has 0 unspecified atom stereocenters. The summed E-state index contributed by atoms with van der Waals surface area (Å²) in [6, 6.07) is -0.787. The van der Waals surface area contributed by atoms with Crippen molar-refractivity contribution < 1.29 is 9.90 Å². The summed E-state index contributed by atoms with van der Waals surface area (Å²) >= 11 is 0. The van der Waals surface area contributed by atoms with Crippen molar-refractivity contribution in [2.75, 3.05) is 0 Å². The molecule has 0 fully saturated rings. The van der Waals surface area contributed by atoms with Crippen LogP contribution in [-0.4, -0.2) is 17.1 Å². The predicted octanol–water partition coefficient (Wildman–Crippen LogP) is 1.00. The molecule has 0 aromatic heterocycles. The SMILES string of the molecule is CC(C)=C[C@@H](C)[C@H](N)C(=O)O. The van der Waals surface area contributed by atoms with Crippen LogP contribution in [0.5, 0.6) is 0 Å². The van der Waals surface area contributed by atoms with Gasteiger partial charge in [-0.2, -0.15) is 0 Å². The molecule has 0 amide bonds. The first-order valence-electron chi connectivity index (χ1n) is 3.58. The van der Waals surface area contributed by atoms with E-state index in [-0.39, 0.29) is 5.92 Å². The second-order valence-electron chi connectivity index (χ2n) is 2.97. The topological polar surface area (TPSA) is 63.3 Å². The van der Waals surface area contributed by atoms with Crippen molar-refractivity contribution in [3.05, 3.63) is 11.6 Å². The first-order valence-corrected chi connectivity index (χ1v) is 3.58. The van der Waals surface area contributed by atoms with Crippen LogP contribution in [0.1, 0.15) is 20.8 Å². The third kappa shape index (κ3) is 3.78. The Kier molecular flexibility index (Phi) is 3.82. The lowest BCUT2D eigenvalue weighted by molar-refractivity contribution is -0.139. The number of carboxylic acid groups (broad SMARTS) is 1.